The zero-order valence-corrected chi connectivity index (χ0v) is 20.4. The summed E-state index contributed by atoms with van der Waals surface area (Å²) < 4.78 is 26.1. The van der Waals surface area contributed by atoms with Gasteiger partial charge in [0.05, 0.1) is 13.3 Å². The van der Waals surface area contributed by atoms with Crippen molar-refractivity contribution in [3.8, 4) is 11.5 Å². The smallest absolute Gasteiger partial charge is 0.339 e. The molecule has 1 aliphatic heterocycles. The molecule has 14 nitrogen and oxygen atoms in total. The number of hydrogen-bond acceptors (Lipinski definition) is 13. The van der Waals surface area contributed by atoms with E-state index >= 15 is 0 Å². The van der Waals surface area contributed by atoms with Crippen LogP contribution in [-0.4, -0.2) is 83.2 Å². The molecule has 0 aliphatic carbocycles. The molecule has 0 unspecified atom stereocenters. The van der Waals surface area contributed by atoms with E-state index in [2.05, 4.69) is 15.8 Å². The number of rotatable bonds is 7. The number of carbonyl (C=O) groups is 4. The normalized spacial score (nSPS) is 23.3. The van der Waals surface area contributed by atoms with Crippen LogP contribution in [0.25, 0.3) is 0 Å². The quantitative estimate of drug-likeness (QED) is 0.0893. The highest BCUT2D eigenvalue weighted by Crippen LogP contribution is 2.29. The van der Waals surface area contributed by atoms with E-state index in [9.17, 15) is 29.4 Å². The fraction of sp³-hybridized carbons (Fsp3) is 0.429. The predicted molar refractivity (Wildman–Crippen MR) is 124 cm³/mol. The number of phenolic OH excluding ortho intramolecular Hbond substituents is 2. The number of nitrogens with zero attached hydrogens (tertiary/aromatic N) is 1. The standard InChI is InChI=1S/C21H25N3O11S/c1-9(25)32-15-16(33-10(2)26)18(20(30)31-4)35-19(17(15)34-11(3)27)23-21(36)24-22-8-12-5-6-13(28)14(29)7-12/h5-8,15-19,28-29H,1-4H3,(H2,23,24,36)/b22-8+/t15-,16-,17+,18-,19+/m0/s1. The molecule has 36 heavy (non-hydrogen) atoms. The second-order valence-corrected chi connectivity index (χ2v) is 7.72. The highest BCUT2D eigenvalue weighted by molar-refractivity contribution is 7.80. The largest absolute Gasteiger partial charge is 0.504 e. The molecule has 0 radical (unpaired) electrons. The van der Waals surface area contributed by atoms with Gasteiger partial charge in [0.25, 0.3) is 0 Å². The number of hydrazone groups is 1. The van der Waals surface area contributed by atoms with Crippen molar-refractivity contribution in [3.63, 3.8) is 0 Å². The van der Waals surface area contributed by atoms with Crippen molar-refractivity contribution < 1.29 is 53.1 Å². The van der Waals surface area contributed by atoms with Gasteiger partial charge in [0.2, 0.25) is 0 Å². The van der Waals surface area contributed by atoms with E-state index < -0.39 is 54.5 Å². The van der Waals surface area contributed by atoms with Gasteiger partial charge in [-0.3, -0.25) is 19.8 Å². The summed E-state index contributed by atoms with van der Waals surface area (Å²) in [6.07, 6.45) is -6.11. The predicted octanol–water partition coefficient (Wildman–Crippen LogP) is -0.411. The van der Waals surface area contributed by atoms with Gasteiger partial charge >= 0.3 is 23.9 Å². The molecule has 5 atom stereocenters. The van der Waals surface area contributed by atoms with Crippen molar-refractivity contribution in [2.75, 3.05) is 7.11 Å². The molecule has 0 bridgehead atoms. The minimum atomic E-state index is -1.58. The Morgan fingerprint density at radius 2 is 1.56 bits per heavy atom. The molecule has 0 saturated carbocycles. The van der Waals surface area contributed by atoms with Crippen molar-refractivity contribution in [2.24, 2.45) is 5.10 Å². The molecule has 1 aromatic carbocycles. The molecule has 0 aromatic heterocycles. The van der Waals surface area contributed by atoms with Crippen LogP contribution in [0.5, 0.6) is 11.5 Å². The third-order valence-corrected chi connectivity index (χ3v) is 4.74. The second-order valence-electron chi connectivity index (χ2n) is 7.31. The average molecular weight is 528 g/mol. The Bertz CT molecular complexity index is 1050. The molecule has 15 heteroatoms. The first-order valence-corrected chi connectivity index (χ1v) is 10.7. The lowest BCUT2D eigenvalue weighted by Gasteiger charge is -2.43. The van der Waals surface area contributed by atoms with Gasteiger partial charge < -0.3 is 39.2 Å². The summed E-state index contributed by atoms with van der Waals surface area (Å²) in [4.78, 5) is 47.7. The minimum Gasteiger partial charge on any atom is -0.504 e. The monoisotopic (exact) mass is 527 g/mol. The SMILES string of the molecule is COC(=O)[C@H]1O[C@@H](NC(=S)N/N=C/c2ccc(O)c(O)c2)[C@H](OC(C)=O)[C@@H](OC(C)=O)[C@@H]1OC(C)=O. The van der Waals surface area contributed by atoms with Crippen LogP contribution in [0.1, 0.15) is 26.3 Å². The minimum absolute atomic E-state index is 0.174. The van der Waals surface area contributed by atoms with Crippen molar-refractivity contribution in [1.82, 2.24) is 10.7 Å². The molecule has 196 valence electrons. The van der Waals surface area contributed by atoms with Gasteiger partial charge in [-0.15, -0.1) is 0 Å². The van der Waals surface area contributed by atoms with Crippen LogP contribution < -0.4 is 10.7 Å². The number of phenols is 2. The van der Waals surface area contributed by atoms with Crippen molar-refractivity contribution >= 4 is 47.4 Å². The molecular formula is C21H25N3O11S. The molecule has 1 saturated heterocycles. The second kappa shape index (κ2) is 12.6. The fourth-order valence-corrected chi connectivity index (χ4v) is 3.35. The average Bonchev–Trinajstić information content (AvgIpc) is 2.78. The Hall–Kier alpha value is -3.98. The zero-order valence-electron chi connectivity index (χ0n) is 19.6. The molecule has 0 amide bonds. The van der Waals surface area contributed by atoms with Gasteiger partial charge in [-0.05, 0) is 36.0 Å². The summed E-state index contributed by atoms with van der Waals surface area (Å²) >= 11 is 5.17. The maximum Gasteiger partial charge on any atom is 0.339 e. The lowest BCUT2D eigenvalue weighted by molar-refractivity contribution is -0.250. The summed E-state index contributed by atoms with van der Waals surface area (Å²) in [5.74, 6) is -4.06. The Morgan fingerprint density at radius 1 is 0.972 bits per heavy atom. The summed E-state index contributed by atoms with van der Waals surface area (Å²) in [5, 5.41) is 25.3. The summed E-state index contributed by atoms with van der Waals surface area (Å²) in [7, 11) is 1.07. The van der Waals surface area contributed by atoms with Gasteiger partial charge in [-0.1, -0.05) is 0 Å². The molecule has 4 N–H and O–H groups in total. The Labute approximate surface area is 210 Å². The van der Waals surface area contributed by atoms with Crippen LogP contribution in [0.15, 0.2) is 23.3 Å². The van der Waals surface area contributed by atoms with E-state index in [-0.39, 0.29) is 16.6 Å². The van der Waals surface area contributed by atoms with Crippen molar-refractivity contribution in [2.45, 2.75) is 51.4 Å². The van der Waals surface area contributed by atoms with Crippen LogP contribution in [0.2, 0.25) is 0 Å². The number of aromatic hydroxyl groups is 2. The van der Waals surface area contributed by atoms with Gasteiger partial charge in [-0.2, -0.15) is 5.10 Å². The van der Waals surface area contributed by atoms with E-state index in [4.69, 9.17) is 35.9 Å². The highest BCUT2D eigenvalue weighted by Gasteiger charge is 2.55. The van der Waals surface area contributed by atoms with Crippen LogP contribution in [0.3, 0.4) is 0 Å². The number of esters is 4. The van der Waals surface area contributed by atoms with E-state index in [0.29, 0.717) is 5.56 Å². The van der Waals surface area contributed by atoms with Crippen molar-refractivity contribution in [1.29, 1.82) is 0 Å². The van der Waals surface area contributed by atoms with Crippen molar-refractivity contribution in [3.05, 3.63) is 23.8 Å². The number of carbonyl (C=O) groups excluding carboxylic acids is 4. The fourth-order valence-electron chi connectivity index (χ4n) is 3.18. The van der Waals surface area contributed by atoms with Gasteiger partial charge in [0.1, 0.15) is 0 Å². The first-order valence-electron chi connectivity index (χ1n) is 10.3. The molecule has 1 fully saturated rings. The lowest BCUT2D eigenvalue weighted by atomic mass is 9.97. The van der Waals surface area contributed by atoms with E-state index in [1.54, 1.807) is 0 Å². The Morgan fingerprint density at radius 3 is 2.11 bits per heavy atom. The molecule has 2 rings (SSSR count). The van der Waals surface area contributed by atoms with Gasteiger partial charge in [-0.25, -0.2) is 4.79 Å². The first kappa shape index (κ1) is 28.3. The third-order valence-electron chi connectivity index (χ3n) is 4.53. The zero-order chi connectivity index (χ0) is 27.0. The number of hydrogen-bond donors (Lipinski definition) is 4. The van der Waals surface area contributed by atoms with Crippen LogP contribution in [0, 0.1) is 0 Å². The molecular weight excluding hydrogens is 502 g/mol. The van der Waals surface area contributed by atoms with E-state index in [1.807, 2.05) is 0 Å². The number of nitrogens with one attached hydrogen (secondary N) is 2. The summed E-state index contributed by atoms with van der Waals surface area (Å²) in [6, 6.07) is 3.98. The van der Waals surface area contributed by atoms with Crippen LogP contribution in [0.4, 0.5) is 0 Å². The maximum absolute atomic E-state index is 12.4. The van der Waals surface area contributed by atoms with Crippen LogP contribution in [-0.2, 0) is 42.9 Å². The Balaban J connectivity index is 2.29. The topological polar surface area (TPSA) is 191 Å². The Kier molecular flexibility index (Phi) is 9.93. The third kappa shape index (κ3) is 7.78. The van der Waals surface area contributed by atoms with Gasteiger partial charge in [0, 0.05) is 20.8 Å². The number of ether oxygens (including phenoxy) is 5. The molecule has 0 spiro atoms. The van der Waals surface area contributed by atoms with Gasteiger partial charge in [0.15, 0.2) is 47.3 Å². The molecule has 1 aliphatic rings. The molecule has 1 heterocycles. The number of methoxy groups -OCH3 is 1. The summed E-state index contributed by atoms with van der Waals surface area (Å²) in [6.45, 7) is 3.22. The van der Waals surface area contributed by atoms with E-state index in [1.165, 1.54) is 24.4 Å². The number of thiocarbonyl (C=S) groups is 1. The lowest BCUT2D eigenvalue weighted by Crippen LogP contribution is -2.67. The van der Waals surface area contributed by atoms with Crippen LogP contribution >= 0.6 is 12.2 Å². The first-order chi connectivity index (χ1) is 16.9. The molecule has 1 aromatic rings. The summed E-state index contributed by atoms with van der Waals surface area (Å²) in [5.41, 5.74) is 2.87. The highest BCUT2D eigenvalue weighted by atomic mass is 32.1. The van der Waals surface area contributed by atoms with E-state index in [0.717, 1.165) is 27.9 Å². The maximum atomic E-state index is 12.4. The number of benzene rings is 1.